The summed E-state index contributed by atoms with van der Waals surface area (Å²) in [7, 11) is 0. The summed E-state index contributed by atoms with van der Waals surface area (Å²) in [5.74, 6) is 0.0907. The lowest BCUT2D eigenvalue weighted by Gasteiger charge is -2.29. The number of amides is 1. The van der Waals surface area contributed by atoms with E-state index < -0.39 is 0 Å². The lowest BCUT2D eigenvalue weighted by molar-refractivity contribution is 0.0985. The molecule has 120 valence electrons. The summed E-state index contributed by atoms with van der Waals surface area (Å²) < 4.78 is 0. The van der Waals surface area contributed by atoms with Crippen LogP contribution in [0.1, 0.15) is 48.7 Å². The minimum absolute atomic E-state index is 0.0907. The Hall–Kier alpha value is -2.16. The van der Waals surface area contributed by atoms with Gasteiger partial charge in [0.15, 0.2) is 0 Å². The van der Waals surface area contributed by atoms with Gasteiger partial charge in [-0.25, -0.2) is 0 Å². The molecule has 0 atom stereocenters. The van der Waals surface area contributed by atoms with Gasteiger partial charge < -0.3 is 4.90 Å². The number of rotatable bonds is 2. The summed E-state index contributed by atoms with van der Waals surface area (Å²) in [6.45, 7) is 7.43. The highest BCUT2D eigenvalue weighted by atomic mass is 16.2. The highest BCUT2D eigenvalue weighted by Gasteiger charge is 2.24. The summed E-state index contributed by atoms with van der Waals surface area (Å²) in [6.07, 6.45) is 6.60. The number of aryl methyl sites for hydroxylation is 1. The highest BCUT2D eigenvalue weighted by molar-refractivity contribution is 6.06. The van der Waals surface area contributed by atoms with Crippen LogP contribution >= 0.6 is 0 Å². The molecule has 23 heavy (non-hydrogen) atoms. The van der Waals surface area contributed by atoms with Crippen LogP contribution in [0, 0.1) is 5.41 Å². The number of benzene rings is 1. The molecule has 1 aliphatic heterocycles. The first-order chi connectivity index (χ1) is 10.9. The Morgan fingerprint density at radius 1 is 1.26 bits per heavy atom. The number of carbonyl (C=O) groups is 1. The molecule has 0 spiro atoms. The van der Waals surface area contributed by atoms with E-state index >= 15 is 0 Å². The lowest BCUT2D eigenvalue weighted by atomic mass is 9.87. The van der Waals surface area contributed by atoms with Crippen LogP contribution in [0.5, 0.6) is 0 Å². The van der Waals surface area contributed by atoms with Gasteiger partial charge in [-0.05, 0) is 54.0 Å². The number of aromatic nitrogens is 1. The predicted octanol–water partition coefficient (Wildman–Crippen LogP) is 4.26. The number of nitrogens with zero attached hydrogens (tertiary/aromatic N) is 2. The standard InChI is InChI=1S/C20H24N2O/c1-20(2,3)13-15-6-4-7-16(12-15)19(23)22-11-5-8-17-14-21-10-9-18(17)22/h4,6-7,9-10,12,14H,5,8,11,13H2,1-3H3. The van der Waals surface area contributed by atoms with E-state index in [1.165, 1.54) is 5.56 Å². The maximum Gasteiger partial charge on any atom is 0.258 e. The van der Waals surface area contributed by atoms with Crippen LogP contribution in [-0.4, -0.2) is 17.4 Å². The molecule has 1 aliphatic rings. The molecular weight excluding hydrogens is 284 g/mol. The van der Waals surface area contributed by atoms with Crippen LogP contribution in [0.4, 0.5) is 5.69 Å². The van der Waals surface area contributed by atoms with E-state index in [0.717, 1.165) is 42.6 Å². The number of hydrogen-bond acceptors (Lipinski definition) is 2. The van der Waals surface area contributed by atoms with E-state index in [1.807, 2.05) is 35.4 Å². The second kappa shape index (κ2) is 6.15. The molecule has 2 heterocycles. The van der Waals surface area contributed by atoms with Crippen LogP contribution in [0.2, 0.25) is 0 Å². The van der Waals surface area contributed by atoms with Crippen molar-refractivity contribution in [3.8, 4) is 0 Å². The fourth-order valence-electron chi connectivity index (χ4n) is 3.22. The van der Waals surface area contributed by atoms with Gasteiger partial charge in [0.1, 0.15) is 0 Å². The Kier molecular flexibility index (Phi) is 4.20. The van der Waals surface area contributed by atoms with Crippen LogP contribution in [-0.2, 0) is 12.8 Å². The zero-order chi connectivity index (χ0) is 16.4. The first-order valence-electron chi connectivity index (χ1n) is 8.28. The fourth-order valence-corrected chi connectivity index (χ4v) is 3.22. The van der Waals surface area contributed by atoms with Gasteiger partial charge in [-0.15, -0.1) is 0 Å². The van der Waals surface area contributed by atoms with Gasteiger partial charge in [-0.2, -0.15) is 0 Å². The summed E-state index contributed by atoms with van der Waals surface area (Å²) in [5.41, 5.74) is 4.38. The smallest absolute Gasteiger partial charge is 0.258 e. The molecule has 1 aromatic carbocycles. The van der Waals surface area contributed by atoms with Crippen molar-refractivity contribution < 1.29 is 4.79 Å². The summed E-state index contributed by atoms with van der Waals surface area (Å²) in [5, 5.41) is 0. The first-order valence-corrected chi connectivity index (χ1v) is 8.28. The predicted molar refractivity (Wildman–Crippen MR) is 93.8 cm³/mol. The SMILES string of the molecule is CC(C)(C)Cc1cccc(C(=O)N2CCCc3cnccc32)c1. The largest absolute Gasteiger partial charge is 0.308 e. The molecule has 3 heteroatoms. The van der Waals surface area contributed by atoms with E-state index in [-0.39, 0.29) is 11.3 Å². The summed E-state index contributed by atoms with van der Waals surface area (Å²) >= 11 is 0. The molecule has 1 aromatic heterocycles. The second-order valence-corrected chi connectivity index (χ2v) is 7.50. The molecule has 1 amide bonds. The number of carbonyl (C=O) groups excluding carboxylic acids is 1. The minimum Gasteiger partial charge on any atom is -0.308 e. The number of pyridine rings is 1. The van der Waals surface area contributed by atoms with Gasteiger partial charge in [-0.3, -0.25) is 9.78 Å². The van der Waals surface area contributed by atoms with Crippen molar-refractivity contribution in [3.05, 3.63) is 59.4 Å². The van der Waals surface area contributed by atoms with Gasteiger partial charge in [0.25, 0.3) is 5.91 Å². The first kappa shape index (κ1) is 15.7. The van der Waals surface area contributed by atoms with Gasteiger partial charge >= 0.3 is 0 Å². The van der Waals surface area contributed by atoms with Crippen molar-refractivity contribution >= 4 is 11.6 Å². The molecule has 2 aromatic rings. The van der Waals surface area contributed by atoms with E-state index in [0.29, 0.717) is 0 Å². The molecule has 0 saturated carbocycles. The Balaban J connectivity index is 1.88. The van der Waals surface area contributed by atoms with Gasteiger partial charge in [0.05, 0.1) is 5.69 Å². The minimum atomic E-state index is 0.0907. The highest BCUT2D eigenvalue weighted by Crippen LogP contribution is 2.28. The summed E-state index contributed by atoms with van der Waals surface area (Å²) in [6, 6.07) is 10.0. The topological polar surface area (TPSA) is 33.2 Å². The molecular formula is C20H24N2O. The van der Waals surface area contributed by atoms with Gasteiger partial charge in [-0.1, -0.05) is 32.9 Å². The van der Waals surface area contributed by atoms with Crippen LogP contribution in [0.25, 0.3) is 0 Å². The Bertz CT molecular complexity index is 716. The third-order valence-corrected chi connectivity index (χ3v) is 4.15. The molecule has 3 nitrogen and oxygen atoms in total. The normalized spacial score (nSPS) is 14.5. The van der Waals surface area contributed by atoms with Crippen molar-refractivity contribution in [3.63, 3.8) is 0 Å². The lowest BCUT2D eigenvalue weighted by Crippen LogP contribution is -2.35. The maximum absolute atomic E-state index is 13.0. The van der Waals surface area contributed by atoms with Gasteiger partial charge in [0.2, 0.25) is 0 Å². The van der Waals surface area contributed by atoms with Crippen LogP contribution in [0.3, 0.4) is 0 Å². The van der Waals surface area contributed by atoms with Crippen molar-refractivity contribution in [1.82, 2.24) is 4.98 Å². The van der Waals surface area contributed by atoms with Crippen molar-refractivity contribution in [2.75, 3.05) is 11.4 Å². The van der Waals surface area contributed by atoms with Crippen LogP contribution in [0.15, 0.2) is 42.7 Å². The quantitative estimate of drug-likeness (QED) is 0.830. The number of anilines is 1. The molecule has 0 saturated heterocycles. The van der Waals surface area contributed by atoms with E-state index in [9.17, 15) is 4.79 Å². The molecule has 0 unspecified atom stereocenters. The molecule has 0 aliphatic carbocycles. The molecule has 0 fully saturated rings. The second-order valence-electron chi connectivity index (χ2n) is 7.50. The van der Waals surface area contributed by atoms with Crippen LogP contribution < -0.4 is 4.90 Å². The van der Waals surface area contributed by atoms with Crippen molar-refractivity contribution in [2.45, 2.75) is 40.0 Å². The molecule has 0 bridgehead atoms. The molecule has 3 rings (SSSR count). The third-order valence-electron chi connectivity index (χ3n) is 4.15. The van der Waals surface area contributed by atoms with Gasteiger partial charge in [0, 0.05) is 24.5 Å². The zero-order valence-corrected chi connectivity index (χ0v) is 14.2. The Morgan fingerprint density at radius 3 is 2.87 bits per heavy atom. The number of fused-ring (bicyclic) bond motifs is 1. The fraction of sp³-hybridized carbons (Fsp3) is 0.400. The zero-order valence-electron chi connectivity index (χ0n) is 14.2. The van der Waals surface area contributed by atoms with Crippen molar-refractivity contribution in [2.24, 2.45) is 5.41 Å². The average molecular weight is 308 g/mol. The molecule has 0 radical (unpaired) electrons. The third kappa shape index (κ3) is 3.61. The Morgan fingerprint density at radius 2 is 2.09 bits per heavy atom. The molecule has 0 N–H and O–H groups in total. The van der Waals surface area contributed by atoms with E-state index in [1.54, 1.807) is 6.20 Å². The monoisotopic (exact) mass is 308 g/mol. The average Bonchev–Trinajstić information content (AvgIpc) is 2.52. The number of hydrogen-bond donors (Lipinski definition) is 0. The maximum atomic E-state index is 13.0. The van der Waals surface area contributed by atoms with Crippen molar-refractivity contribution in [1.29, 1.82) is 0 Å². The Labute approximate surface area is 138 Å². The van der Waals surface area contributed by atoms with E-state index in [2.05, 4.69) is 31.8 Å². The van der Waals surface area contributed by atoms with E-state index in [4.69, 9.17) is 0 Å². The summed E-state index contributed by atoms with van der Waals surface area (Å²) in [4.78, 5) is 19.1.